The summed E-state index contributed by atoms with van der Waals surface area (Å²) in [5.74, 6) is 0.340. The van der Waals surface area contributed by atoms with Gasteiger partial charge in [0.25, 0.3) is 0 Å². The number of sulfonamides is 1. The highest BCUT2D eigenvalue weighted by Gasteiger charge is 2.26. The molecule has 1 unspecified atom stereocenters. The molecule has 0 aliphatic heterocycles. The Bertz CT molecular complexity index is 1780. The predicted octanol–water partition coefficient (Wildman–Crippen LogP) is 4.67. The second-order valence-electron chi connectivity index (χ2n) is 11.4. The quantitative estimate of drug-likeness (QED) is 0.112. The lowest BCUT2D eigenvalue weighted by Crippen LogP contribution is -2.29. The first-order valence-corrected chi connectivity index (χ1v) is 16.5. The Kier molecular flexibility index (Phi) is 9.65. The van der Waals surface area contributed by atoms with Crippen LogP contribution < -0.4 is 4.72 Å². The highest BCUT2D eigenvalue weighted by atomic mass is 32.2. The summed E-state index contributed by atoms with van der Waals surface area (Å²) in [4.78, 5) is 34.9. The Balaban J connectivity index is 1.22. The number of carbonyl (C=O) groups excluding carboxylic acids is 2. The minimum absolute atomic E-state index is 0.0151. The smallest absolute Gasteiger partial charge is 0.335 e. The van der Waals surface area contributed by atoms with Gasteiger partial charge < -0.3 is 4.74 Å². The number of hydrogen-bond donors (Lipinski definition) is 1. The number of carbonyl (C=O) groups is 2. The molecule has 0 spiro atoms. The van der Waals surface area contributed by atoms with Gasteiger partial charge in [-0.3, -0.25) is 14.2 Å². The van der Waals surface area contributed by atoms with E-state index in [4.69, 9.17) is 4.74 Å². The molecule has 11 heteroatoms. The predicted molar refractivity (Wildman–Crippen MR) is 169 cm³/mol. The molecule has 0 bridgehead atoms. The second-order valence-corrected chi connectivity index (χ2v) is 13.4. The standard InChI is InChI=1S/C33H38N5O5S/c1-23(27-10-7-11-28(18-27)30(39)26-8-5-4-6-9-26)33(40)43-22-38-17-16-29-31(35-21-36-32(29)38)37(3)19-24-12-14-25(15-13-24)20-44(41,42)34-2/h4-11,16-19,21,23-25,34H,12-15,20,22H2,1-3H3/q+1. The fraction of sp³-hybridized carbons (Fsp3) is 0.364. The molecule has 10 nitrogen and oxygen atoms in total. The normalized spacial score (nSPS) is 18.2. The fourth-order valence-corrected chi connectivity index (χ4v) is 6.88. The average molecular weight is 617 g/mol. The van der Waals surface area contributed by atoms with Crippen molar-refractivity contribution >= 4 is 44.8 Å². The lowest BCUT2D eigenvalue weighted by atomic mass is 9.83. The zero-order chi connectivity index (χ0) is 31.3. The summed E-state index contributed by atoms with van der Waals surface area (Å²) in [5.41, 5.74) is 2.46. The van der Waals surface area contributed by atoms with Gasteiger partial charge >= 0.3 is 11.8 Å². The van der Waals surface area contributed by atoms with Crippen LogP contribution in [0.15, 0.2) is 73.2 Å². The molecule has 0 saturated heterocycles. The number of benzene rings is 2. The zero-order valence-electron chi connectivity index (χ0n) is 25.2. The Morgan fingerprint density at radius 2 is 1.77 bits per heavy atom. The van der Waals surface area contributed by atoms with Gasteiger partial charge in [0, 0.05) is 23.2 Å². The van der Waals surface area contributed by atoms with E-state index in [0.717, 1.165) is 36.9 Å². The third kappa shape index (κ3) is 7.28. The molecular weight excluding hydrogens is 578 g/mol. The molecule has 5 rings (SSSR count). The Morgan fingerprint density at radius 1 is 1.05 bits per heavy atom. The van der Waals surface area contributed by atoms with Crippen LogP contribution in [0.3, 0.4) is 0 Å². The summed E-state index contributed by atoms with van der Waals surface area (Å²) in [7, 11) is 0.211. The molecule has 1 N–H and O–H groups in total. The number of nitrogens with one attached hydrogen (secondary N) is 1. The molecule has 1 aliphatic carbocycles. The molecule has 1 atom stereocenters. The van der Waals surface area contributed by atoms with E-state index in [0.29, 0.717) is 28.3 Å². The van der Waals surface area contributed by atoms with Crippen LogP contribution in [0.2, 0.25) is 0 Å². The van der Waals surface area contributed by atoms with Crippen molar-refractivity contribution < 1.29 is 27.3 Å². The molecule has 4 aromatic rings. The number of ether oxygens (including phenoxy) is 1. The maximum absolute atomic E-state index is 13.0. The number of ketones is 1. The van der Waals surface area contributed by atoms with Crippen molar-refractivity contribution in [3.8, 4) is 0 Å². The van der Waals surface area contributed by atoms with Crippen molar-refractivity contribution in [3.63, 3.8) is 0 Å². The van der Waals surface area contributed by atoms with Gasteiger partial charge in [-0.05, 0) is 68.3 Å². The van der Waals surface area contributed by atoms with Crippen LogP contribution in [0, 0.1) is 11.8 Å². The molecule has 0 radical (unpaired) electrons. The molecule has 2 heterocycles. The summed E-state index contributed by atoms with van der Waals surface area (Å²) < 4.78 is 35.7. The fourth-order valence-electron chi connectivity index (χ4n) is 5.76. The van der Waals surface area contributed by atoms with Gasteiger partial charge in [0.05, 0.1) is 24.9 Å². The third-order valence-electron chi connectivity index (χ3n) is 8.35. The van der Waals surface area contributed by atoms with E-state index in [1.165, 1.54) is 13.4 Å². The number of hydrogen-bond acceptors (Lipinski definition) is 7. The minimum Gasteiger partial charge on any atom is -0.443 e. The highest BCUT2D eigenvalue weighted by Crippen LogP contribution is 2.30. The minimum atomic E-state index is -3.20. The van der Waals surface area contributed by atoms with Crippen LogP contribution >= 0.6 is 0 Å². The maximum atomic E-state index is 13.0. The first-order chi connectivity index (χ1) is 21.1. The first kappa shape index (κ1) is 31.2. The van der Waals surface area contributed by atoms with Crippen LogP contribution in [-0.2, 0) is 26.3 Å². The van der Waals surface area contributed by atoms with Crippen molar-refractivity contribution in [3.05, 3.63) is 89.9 Å². The van der Waals surface area contributed by atoms with Gasteiger partial charge in [-0.1, -0.05) is 48.5 Å². The molecule has 0 amide bonds. The summed E-state index contributed by atoms with van der Waals surface area (Å²) in [5, 5.41) is 0.830. The van der Waals surface area contributed by atoms with Gasteiger partial charge in [-0.15, -0.1) is 0 Å². The van der Waals surface area contributed by atoms with Crippen molar-refractivity contribution in [2.75, 3.05) is 19.8 Å². The Hall–Kier alpha value is -4.22. The van der Waals surface area contributed by atoms with Crippen molar-refractivity contribution in [1.82, 2.24) is 19.3 Å². The van der Waals surface area contributed by atoms with Gasteiger partial charge in [-0.25, -0.2) is 17.7 Å². The van der Waals surface area contributed by atoms with Crippen molar-refractivity contribution in [1.29, 1.82) is 0 Å². The number of fused-ring (bicyclic) bond motifs is 1. The number of esters is 1. The van der Waals surface area contributed by atoms with Gasteiger partial charge in [-0.2, -0.15) is 4.98 Å². The number of nitrogens with zero attached hydrogens (tertiary/aromatic N) is 4. The topological polar surface area (TPSA) is 123 Å². The van der Waals surface area contributed by atoms with Crippen LogP contribution in [-0.4, -0.2) is 65.3 Å². The van der Waals surface area contributed by atoms with Gasteiger partial charge in [0.15, 0.2) is 18.2 Å². The summed E-state index contributed by atoms with van der Waals surface area (Å²) >= 11 is 0. The summed E-state index contributed by atoms with van der Waals surface area (Å²) in [6, 6.07) is 18.0. The van der Waals surface area contributed by atoms with Crippen LogP contribution in [0.25, 0.3) is 11.0 Å². The van der Waals surface area contributed by atoms with Gasteiger partial charge in [0.2, 0.25) is 16.4 Å². The zero-order valence-corrected chi connectivity index (χ0v) is 26.0. The lowest BCUT2D eigenvalue weighted by molar-refractivity contribution is -0.405. The average Bonchev–Trinajstić information content (AvgIpc) is 3.47. The SMILES string of the molecule is CNS(=O)(=O)CC1CCC(C=[N+](C)c2ncnc3c2ccn3COC(=O)C(C)c2cccc(C(=O)c3ccccc3)c2)CC1. The third-order valence-corrected chi connectivity index (χ3v) is 9.88. The Morgan fingerprint density at radius 3 is 2.50 bits per heavy atom. The van der Waals surface area contributed by atoms with E-state index in [1.54, 1.807) is 41.8 Å². The van der Waals surface area contributed by atoms with E-state index in [2.05, 4.69) is 20.9 Å². The van der Waals surface area contributed by atoms with Crippen LogP contribution in [0.5, 0.6) is 0 Å². The van der Waals surface area contributed by atoms with E-state index >= 15 is 0 Å². The molecule has 1 saturated carbocycles. The Labute approximate surface area is 257 Å². The number of aromatic nitrogens is 3. The molecule has 1 fully saturated rings. The first-order valence-electron chi connectivity index (χ1n) is 14.8. The monoisotopic (exact) mass is 616 g/mol. The van der Waals surface area contributed by atoms with E-state index in [-0.39, 0.29) is 24.2 Å². The van der Waals surface area contributed by atoms with E-state index < -0.39 is 21.9 Å². The second kappa shape index (κ2) is 13.6. The number of rotatable bonds is 11. The molecule has 2 aromatic heterocycles. The van der Waals surface area contributed by atoms with Crippen LogP contribution in [0.1, 0.15) is 60.0 Å². The lowest BCUT2D eigenvalue weighted by Gasteiger charge is -2.25. The molecular formula is C33H38N5O5S+. The van der Waals surface area contributed by atoms with Gasteiger partial charge in [0.1, 0.15) is 5.39 Å². The molecule has 2 aromatic carbocycles. The summed E-state index contributed by atoms with van der Waals surface area (Å²) in [6.07, 6.45) is 9.03. The molecule has 230 valence electrons. The largest absolute Gasteiger partial charge is 0.443 e. The summed E-state index contributed by atoms with van der Waals surface area (Å²) in [6.45, 7) is 1.75. The van der Waals surface area contributed by atoms with Crippen molar-refractivity contribution in [2.45, 2.75) is 45.3 Å². The molecule has 1 aliphatic rings. The van der Waals surface area contributed by atoms with E-state index in [1.807, 2.05) is 48.2 Å². The highest BCUT2D eigenvalue weighted by molar-refractivity contribution is 7.89. The maximum Gasteiger partial charge on any atom is 0.335 e. The van der Waals surface area contributed by atoms with E-state index in [9.17, 15) is 18.0 Å². The van der Waals surface area contributed by atoms with Crippen molar-refractivity contribution in [2.24, 2.45) is 11.8 Å². The van der Waals surface area contributed by atoms with Crippen LogP contribution in [0.4, 0.5) is 5.82 Å². The molecule has 44 heavy (non-hydrogen) atoms.